The number of carbonyl (C=O) groups excluding carboxylic acids is 2. The van der Waals surface area contributed by atoms with Gasteiger partial charge in [-0.05, 0) is 6.07 Å². The van der Waals surface area contributed by atoms with Gasteiger partial charge in [-0.1, -0.05) is 34.5 Å². The first-order valence-corrected chi connectivity index (χ1v) is 6.96. The van der Waals surface area contributed by atoms with Crippen molar-refractivity contribution in [3.8, 4) is 0 Å². The van der Waals surface area contributed by atoms with Crippen molar-refractivity contribution >= 4 is 46.4 Å². The van der Waals surface area contributed by atoms with E-state index in [1.807, 2.05) is 0 Å². The number of nitrogens with one attached hydrogen (secondary N) is 1. The number of rotatable bonds is 2. The maximum absolute atomic E-state index is 12.8. The highest BCUT2D eigenvalue weighted by Crippen LogP contribution is 2.31. The van der Waals surface area contributed by atoms with Crippen molar-refractivity contribution < 1.29 is 22.8 Å². The molecule has 5 nitrogen and oxygen atoms in total. The van der Waals surface area contributed by atoms with Crippen LogP contribution >= 0.6 is 34.5 Å². The van der Waals surface area contributed by atoms with Crippen LogP contribution in [0.25, 0.3) is 0 Å². The topological polar surface area (TPSA) is 72.0 Å². The number of hydrogen-bond donors (Lipinski definition) is 1. The summed E-state index contributed by atoms with van der Waals surface area (Å²) in [6, 6.07) is 0.635. The Morgan fingerprint density at radius 2 is 1.91 bits per heavy atom. The highest BCUT2D eigenvalue weighted by Gasteiger charge is 2.35. The molecule has 0 fully saturated rings. The first-order chi connectivity index (χ1) is 10.2. The first kappa shape index (κ1) is 16.7. The molecule has 0 unspecified atom stereocenters. The molecular formula is C11H4Cl2F3N3O2S. The summed E-state index contributed by atoms with van der Waals surface area (Å²) in [7, 11) is 0. The normalized spacial score (nSPS) is 11.3. The molecule has 0 aliphatic rings. The van der Waals surface area contributed by atoms with Crippen molar-refractivity contribution in [1.29, 1.82) is 0 Å². The van der Waals surface area contributed by atoms with E-state index in [2.05, 4.69) is 9.97 Å². The van der Waals surface area contributed by atoms with Crippen molar-refractivity contribution in [3.05, 3.63) is 44.1 Å². The van der Waals surface area contributed by atoms with E-state index in [9.17, 15) is 22.8 Å². The van der Waals surface area contributed by atoms with Crippen LogP contribution < -0.4 is 5.32 Å². The third kappa shape index (κ3) is 3.54. The molecule has 0 aromatic carbocycles. The second-order valence-electron chi connectivity index (χ2n) is 3.79. The Labute approximate surface area is 135 Å². The second-order valence-corrected chi connectivity index (χ2v) is 5.74. The summed E-state index contributed by atoms with van der Waals surface area (Å²) >= 11 is 11.9. The van der Waals surface area contributed by atoms with Crippen LogP contribution in [-0.2, 0) is 6.18 Å². The van der Waals surface area contributed by atoms with E-state index < -0.39 is 29.1 Å². The fourth-order valence-electron chi connectivity index (χ4n) is 1.43. The van der Waals surface area contributed by atoms with E-state index in [0.717, 1.165) is 6.20 Å². The lowest BCUT2D eigenvalue weighted by molar-refractivity contribution is -0.138. The SMILES string of the molecule is O=C(NC(=O)c1cnccc1C(F)(F)F)c1nc(Cl)c(Cl)s1. The molecule has 116 valence electrons. The van der Waals surface area contributed by atoms with Crippen LogP contribution in [0.2, 0.25) is 9.49 Å². The summed E-state index contributed by atoms with van der Waals surface area (Å²) in [6.07, 6.45) is -3.15. The lowest BCUT2D eigenvalue weighted by atomic mass is 10.1. The summed E-state index contributed by atoms with van der Waals surface area (Å²) < 4.78 is 38.4. The molecule has 0 saturated carbocycles. The number of imide groups is 1. The third-order valence-electron chi connectivity index (χ3n) is 2.34. The van der Waals surface area contributed by atoms with Gasteiger partial charge in [0.15, 0.2) is 10.2 Å². The van der Waals surface area contributed by atoms with Gasteiger partial charge in [0, 0.05) is 12.4 Å². The molecule has 0 radical (unpaired) electrons. The van der Waals surface area contributed by atoms with Crippen LogP contribution in [0.5, 0.6) is 0 Å². The van der Waals surface area contributed by atoms with E-state index in [4.69, 9.17) is 23.2 Å². The maximum atomic E-state index is 12.8. The molecule has 2 aromatic rings. The highest BCUT2D eigenvalue weighted by molar-refractivity contribution is 7.18. The van der Waals surface area contributed by atoms with Crippen LogP contribution in [0.3, 0.4) is 0 Å². The maximum Gasteiger partial charge on any atom is 0.417 e. The zero-order valence-electron chi connectivity index (χ0n) is 10.2. The van der Waals surface area contributed by atoms with Gasteiger partial charge < -0.3 is 0 Å². The number of hydrogen-bond acceptors (Lipinski definition) is 5. The Hall–Kier alpha value is -1.71. The van der Waals surface area contributed by atoms with Crippen LogP contribution in [-0.4, -0.2) is 21.8 Å². The van der Waals surface area contributed by atoms with E-state index in [1.165, 1.54) is 0 Å². The predicted octanol–water partition coefficient (Wildman–Crippen LogP) is 3.43. The number of alkyl halides is 3. The van der Waals surface area contributed by atoms with Crippen LogP contribution in [0.1, 0.15) is 25.7 Å². The van der Waals surface area contributed by atoms with Gasteiger partial charge in [-0.15, -0.1) is 0 Å². The molecule has 0 aliphatic heterocycles. The highest BCUT2D eigenvalue weighted by atomic mass is 35.5. The van der Waals surface area contributed by atoms with E-state index in [0.29, 0.717) is 23.6 Å². The zero-order chi connectivity index (χ0) is 16.5. The van der Waals surface area contributed by atoms with Gasteiger partial charge in [0.05, 0.1) is 11.1 Å². The van der Waals surface area contributed by atoms with Crippen LogP contribution in [0.4, 0.5) is 13.2 Å². The predicted molar refractivity (Wildman–Crippen MR) is 73.2 cm³/mol. The monoisotopic (exact) mass is 369 g/mol. The van der Waals surface area contributed by atoms with Gasteiger partial charge in [-0.3, -0.25) is 19.9 Å². The van der Waals surface area contributed by atoms with Crippen molar-refractivity contribution in [2.75, 3.05) is 0 Å². The summed E-state index contributed by atoms with van der Waals surface area (Å²) in [6.45, 7) is 0. The molecule has 2 amide bonds. The number of halogens is 5. The molecule has 22 heavy (non-hydrogen) atoms. The minimum atomic E-state index is -4.76. The van der Waals surface area contributed by atoms with Crippen LogP contribution in [0.15, 0.2) is 18.5 Å². The molecule has 0 saturated heterocycles. The molecule has 1 N–H and O–H groups in total. The van der Waals surface area contributed by atoms with Crippen molar-refractivity contribution in [2.24, 2.45) is 0 Å². The molecule has 2 aromatic heterocycles. The summed E-state index contributed by atoms with van der Waals surface area (Å²) in [4.78, 5) is 30.6. The molecule has 11 heteroatoms. The third-order valence-corrected chi connectivity index (χ3v) is 4.08. The van der Waals surface area contributed by atoms with Gasteiger partial charge in [0.25, 0.3) is 11.8 Å². The largest absolute Gasteiger partial charge is 0.417 e. The number of pyridine rings is 1. The Bertz CT molecular complexity index is 729. The van der Waals surface area contributed by atoms with E-state index >= 15 is 0 Å². The second kappa shape index (κ2) is 6.19. The molecule has 2 heterocycles. The van der Waals surface area contributed by atoms with Crippen molar-refractivity contribution in [3.63, 3.8) is 0 Å². The van der Waals surface area contributed by atoms with Gasteiger partial charge in [-0.2, -0.15) is 13.2 Å². The fourth-order valence-corrected chi connectivity index (χ4v) is 2.52. The zero-order valence-corrected chi connectivity index (χ0v) is 12.6. The number of thiazole rings is 1. The molecule has 2 rings (SSSR count). The van der Waals surface area contributed by atoms with Crippen molar-refractivity contribution in [2.45, 2.75) is 6.18 Å². The van der Waals surface area contributed by atoms with E-state index in [-0.39, 0.29) is 14.5 Å². The standard InChI is InChI=1S/C11H4Cl2F3N3O2S/c12-6-7(13)22-10(18-6)9(21)19-8(20)4-3-17-2-1-5(4)11(14,15)16/h1-3H,(H,19,20,21). The molecule has 0 aliphatic carbocycles. The lowest BCUT2D eigenvalue weighted by Gasteiger charge is -2.11. The minimum Gasteiger partial charge on any atom is -0.286 e. The fraction of sp³-hybridized carbons (Fsp3) is 0.0909. The Balaban J connectivity index is 2.25. The minimum absolute atomic E-state index is 0.0247. The van der Waals surface area contributed by atoms with Gasteiger partial charge in [0.1, 0.15) is 4.34 Å². The van der Waals surface area contributed by atoms with Gasteiger partial charge >= 0.3 is 6.18 Å². The molecular weight excluding hydrogens is 366 g/mol. The first-order valence-electron chi connectivity index (χ1n) is 5.39. The number of aromatic nitrogens is 2. The summed E-state index contributed by atoms with van der Waals surface area (Å²) in [5, 5.41) is 1.39. The molecule has 0 bridgehead atoms. The van der Waals surface area contributed by atoms with Crippen LogP contribution in [0, 0.1) is 0 Å². The van der Waals surface area contributed by atoms with Crippen molar-refractivity contribution in [1.82, 2.24) is 15.3 Å². The average molecular weight is 370 g/mol. The molecule has 0 atom stereocenters. The lowest BCUT2D eigenvalue weighted by Crippen LogP contribution is -2.32. The quantitative estimate of drug-likeness (QED) is 0.823. The smallest absolute Gasteiger partial charge is 0.286 e. The Kier molecular flexibility index (Phi) is 4.69. The average Bonchev–Trinajstić information content (AvgIpc) is 2.78. The van der Waals surface area contributed by atoms with Gasteiger partial charge in [-0.25, -0.2) is 4.98 Å². The Morgan fingerprint density at radius 3 is 2.45 bits per heavy atom. The van der Waals surface area contributed by atoms with Gasteiger partial charge in [0.2, 0.25) is 0 Å². The molecule has 0 spiro atoms. The number of nitrogens with zero attached hydrogens (tertiary/aromatic N) is 2. The Morgan fingerprint density at radius 1 is 1.23 bits per heavy atom. The number of carbonyl (C=O) groups is 2. The summed E-state index contributed by atoms with van der Waals surface area (Å²) in [5.74, 6) is -2.27. The number of amides is 2. The summed E-state index contributed by atoms with van der Waals surface area (Å²) in [5.41, 5.74) is -1.99. The van der Waals surface area contributed by atoms with E-state index in [1.54, 1.807) is 5.32 Å².